The standard InChI is InChI=1S/C11H17BrN2/c1-3-14-7-10(13-8-14)11(2)5-4-9(12)6-11/h7-9H,3-6H2,1-2H3. The molecule has 0 amide bonds. The zero-order valence-electron chi connectivity index (χ0n) is 8.83. The summed E-state index contributed by atoms with van der Waals surface area (Å²) in [4.78, 5) is 5.20. The molecule has 2 nitrogen and oxygen atoms in total. The van der Waals surface area contributed by atoms with Crippen LogP contribution in [0.15, 0.2) is 12.5 Å². The van der Waals surface area contributed by atoms with Crippen LogP contribution in [-0.2, 0) is 12.0 Å². The molecule has 0 radical (unpaired) electrons. The van der Waals surface area contributed by atoms with E-state index in [4.69, 9.17) is 0 Å². The molecule has 2 atom stereocenters. The number of halogens is 1. The van der Waals surface area contributed by atoms with E-state index in [9.17, 15) is 0 Å². The number of nitrogens with zero attached hydrogens (tertiary/aromatic N) is 2. The van der Waals surface area contributed by atoms with Crippen LogP contribution in [0.3, 0.4) is 0 Å². The minimum atomic E-state index is 0.300. The number of rotatable bonds is 2. The highest BCUT2D eigenvalue weighted by atomic mass is 79.9. The average molecular weight is 257 g/mol. The van der Waals surface area contributed by atoms with Crippen molar-refractivity contribution in [2.24, 2.45) is 0 Å². The van der Waals surface area contributed by atoms with Crippen LogP contribution in [0.4, 0.5) is 0 Å². The molecule has 1 aromatic rings. The van der Waals surface area contributed by atoms with Crippen LogP contribution in [-0.4, -0.2) is 14.4 Å². The van der Waals surface area contributed by atoms with Crippen molar-refractivity contribution in [3.63, 3.8) is 0 Å². The highest BCUT2D eigenvalue weighted by molar-refractivity contribution is 9.09. The Bertz CT molecular complexity index is 321. The van der Waals surface area contributed by atoms with Crippen molar-refractivity contribution in [3.05, 3.63) is 18.2 Å². The summed E-state index contributed by atoms with van der Waals surface area (Å²) >= 11 is 3.70. The van der Waals surface area contributed by atoms with Crippen molar-refractivity contribution in [1.29, 1.82) is 0 Å². The fourth-order valence-electron chi connectivity index (χ4n) is 2.25. The Morgan fingerprint density at radius 2 is 2.50 bits per heavy atom. The first-order chi connectivity index (χ1) is 6.64. The lowest BCUT2D eigenvalue weighted by Crippen LogP contribution is -2.18. The van der Waals surface area contributed by atoms with Gasteiger partial charge in [-0.05, 0) is 26.2 Å². The molecule has 0 bridgehead atoms. The second-order valence-corrected chi connectivity index (χ2v) is 5.79. The summed E-state index contributed by atoms with van der Waals surface area (Å²) in [6, 6.07) is 0. The largest absolute Gasteiger partial charge is 0.337 e. The van der Waals surface area contributed by atoms with Gasteiger partial charge in [0.05, 0.1) is 12.0 Å². The van der Waals surface area contributed by atoms with Gasteiger partial charge in [0.25, 0.3) is 0 Å². The van der Waals surface area contributed by atoms with E-state index in [1.54, 1.807) is 0 Å². The minimum absolute atomic E-state index is 0.300. The van der Waals surface area contributed by atoms with E-state index in [0.717, 1.165) is 6.54 Å². The molecule has 2 unspecified atom stereocenters. The van der Waals surface area contributed by atoms with Gasteiger partial charge in [0.1, 0.15) is 0 Å². The smallest absolute Gasteiger partial charge is 0.0949 e. The Hall–Kier alpha value is -0.310. The topological polar surface area (TPSA) is 17.8 Å². The lowest BCUT2D eigenvalue weighted by molar-refractivity contribution is 0.479. The molecular formula is C11H17BrN2. The third-order valence-electron chi connectivity index (χ3n) is 3.30. The maximum Gasteiger partial charge on any atom is 0.0949 e. The van der Waals surface area contributed by atoms with Gasteiger partial charge < -0.3 is 4.57 Å². The van der Waals surface area contributed by atoms with Gasteiger partial charge in [-0.3, -0.25) is 0 Å². The molecule has 1 aliphatic carbocycles. The molecule has 0 aliphatic heterocycles. The van der Waals surface area contributed by atoms with Crippen LogP contribution >= 0.6 is 15.9 Å². The van der Waals surface area contributed by atoms with E-state index in [-0.39, 0.29) is 0 Å². The number of imidazole rings is 1. The zero-order valence-corrected chi connectivity index (χ0v) is 10.4. The van der Waals surface area contributed by atoms with Crippen molar-refractivity contribution in [2.75, 3.05) is 0 Å². The number of aryl methyl sites for hydroxylation is 1. The van der Waals surface area contributed by atoms with Crippen LogP contribution in [0.2, 0.25) is 0 Å². The molecule has 0 aromatic carbocycles. The SMILES string of the molecule is CCn1cnc(C2(C)CCC(Br)C2)c1. The second kappa shape index (κ2) is 3.69. The van der Waals surface area contributed by atoms with Crippen LogP contribution in [0.25, 0.3) is 0 Å². The van der Waals surface area contributed by atoms with Crippen molar-refractivity contribution < 1.29 is 0 Å². The summed E-state index contributed by atoms with van der Waals surface area (Å²) in [7, 11) is 0. The molecule has 1 heterocycles. The summed E-state index contributed by atoms with van der Waals surface area (Å²) in [5.41, 5.74) is 1.57. The Kier molecular flexibility index (Phi) is 2.69. The molecular weight excluding hydrogens is 240 g/mol. The summed E-state index contributed by atoms with van der Waals surface area (Å²) in [5.74, 6) is 0. The fraction of sp³-hybridized carbons (Fsp3) is 0.727. The maximum atomic E-state index is 4.52. The lowest BCUT2D eigenvalue weighted by atomic mass is 9.86. The molecule has 0 spiro atoms. The molecule has 2 rings (SSSR count). The predicted octanol–water partition coefficient (Wildman–Crippen LogP) is 3.11. The average Bonchev–Trinajstić information content (AvgIpc) is 2.73. The second-order valence-electron chi connectivity index (χ2n) is 4.49. The minimum Gasteiger partial charge on any atom is -0.337 e. The molecule has 78 valence electrons. The van der Waals surface area contributed by atoms with Gasteiger partial charge in [-0.2, -0.15) is 0 Å². The monoisotopic (exact) mass is 256 g/mol. The highest BCUT2D eigenvalue weighted by Gasteiger charge is 2.36. The van der Waals surface area contributed by atoms with E-state index in [1.807, 2.05) is 6.33 Å². The van der Waals surface area contributed by atoms with Crippen molar-refractivity contribution in [2.45, 2.75) is 49.9 Å². The summed E-state index contributed by atoms with van der Waals surface area (Å²) < 4.78 is 2.15. The van der Waals surface area contributed by atoms with Gasteiger partial charge >= 0.3 is 0 Å². The molecule has 3 heteroatoms. The van der Waals surface area contributed by atoms with Crippen LogP contribution in [0.5, 0.6) is 0 Å². The third kappa shape index (κ3) is 1.74. The molecule has 1 aliphatic rings. The van der Waals surface area contributed by atoms with Gasteiger partial charge in [-0.25, -0.2) is 4.98 Å². The molecule has 1 fully saturated rings. The van der Waals surface area contributed by atoms with Crippen molar-refractivity contribution in [3.8, 4) is 0 Å². The number of aromatic nitrogens is 2. The van der Waals surface area contributed by atoms with E-state index >= 15 is 0 Å². The lowest BCUT2D eigenvalue weighted by Gasteiger charge is -2.20. The predicted molar refractivity (Wildman–Crippen MR) is 61.8 cm³/mol. The fourth-order valence-corrected chi connectivity index (χ4v) is 3.19. The summed E-state index contributed by atoms with van der Waals surface area (Å²) in [6.45, 7) is 5.49. The molecule has 1 aromatic heterocycles. The van der Waals surface area contributed by atoms with E-state index < -0.39 is 0 Å². The van der Waals surface area contributed by atoms with Gasteiger partial charge in [0, 0.05) is 23.0 Å². The Labute approximate surface area is 93.9 Å². The maximum absolute atomic E-state index is 4.52. The first-order valence-corrected chi connectivity index (χ1v) is 6.22. The molecule has 1 saturated carbocycles. The van der Waals surface area contributed by atoms with E-state index in [1.165, 1.54) is 25.0 Å². The van der Waals surface area contributed by atoms with Gasteiger partial charge in [-0.15, -0.1) is 0 Å². The van der Waals surface area contributed by atoms with Gasteiger partial charge in [0.2, 0.25) is 0 Å². The van der Waals surface area contributed by atoms with E-state index in [0.29, 0.717) is 10.2 Å². The molecule has 0 saturated heterocycles. The summed E-state index contributed by atoms with van der Waals surface area (Å²) in [5, 5.41) is 0. The Balaban J connectivity index is 2.21. The number of hydrogen-bond acceptors (Lipinski definition) is 1. The Morgan fingerprint density at radius 1 is 1.71 bits per heavy atom. The van der Waals surface area contributed by atoms with E-state index in [2.05, 4.69) is 45.5 Å². The normalized spacial score (nSPS) is 32.4. The highest BCUT2D eigenvalue weighted by Crippen LogP contribution is 2.42. The van der Waals surface area contributed by atoms with Crippen molar-refractivity contribution in [1.82, 2.24) is 9.55 Å². The number of hydrogen-bond donors (Lipinski definition) is 0. The van der Waals surface area contributed by atoms with Crippen molar-refractivity contribution >= 4 is 15.9 Å². The zero-order chi connectivity index (χ0) is 10.2. The molecule has 0 N–H and O–H groups in total. The number of alkyl halides is 1. The van der Waals surface area contributed by atoms with Gasteiger partial charge in [0.15, 0.2) is 0 Å². The summed E-state index contributed by atoms with van der Waals surface area (Å²) in [6.07, 6.45) is 7.89. The van der Waals surface area contributed by atoms with Crippen LogP contribution < -0.4 is 0 Å². The first-order valence-electron chi connectivity index (χ1n) is 5.30. The Morgan fingerprint density at radius 3 is 3.00 bits per heavy atom. The third-order valence-corrected chi connectivity index (χ3v) is 4.08. The van der Waals surface area contributed by atoms with Crippen LogP contribution in [0.1, 0.15) is 38.8 Å². The quantitative estimate of drug-likeness (QED) is 0.744. The van der Waals surface area contributed by atoms with Gasteiger partial charge in [-0.1, -0.05) is 22.9 Å². The first kappa shape index (κ1) is 10.2. The molecule has 14 heavy (non-hydrogen) atoms. The van der Waals surface area contributed by atoms with Crippen LogP contribution in [0, 0.1) is 0 Å².